The molecule has 0 saturated heterocycles. The van der Waals surface area contributed by atoms with Gasteiger partial charge in [0.2, 0.25) is 17.6 Å². The molecule has 0 aliphatic carbocycles. The number of aromatic nitrogens is 2. The lowest BCUT2D eigenvalue weighted by molar-refractivity contribution is -0.121. The monoisotopic (exact) mass is 321 g/mol. The summed E-state index contributed by atoms with van der Waals surface area (Å²) in [5.74, 6) is 0.304. The second-order valence-corrected chi connectivity index (χ2v) is 5.46. The van der Waals surface area contributed by atoms with Gasteiger partial charge in [0, 0.05) is 31.1 Å². The number of amides is 1. The Morgan fingerprint density at radius 2 is 2.26 bits per heavy atom. The third kappa shape index (κ3) is 4.85. The van der Waals surface area contributed by atoms with Crippen molar-refractivity contribution in [3.63, 3.8) is 0 Å². The molecule has 0 fully saturated rings. The van der Waals surface area contributed by atoms with Gasteiger partial charge in [-0.15, -0.1) is 0 Å². The lowest BCUT2D eigenvalue weighted by Gasteiger charge is -2.11. The molecule has 7 heteroatoms. The van der Waals surface area contributed by atoms with Crippen LogP contribution in [0.5, 0.6) is 0 Å². The van der Waals surface area contributed by atoms with Gasteiger partial charge in [-0.05, 0) is 44.0 Å². The number of rotatable bonds is 7. The van der Waals surface area contributed by atoms with Crippen LogP contribution in [-0.2, 0) is 11.2 Å². The Morgan fingerprint density at radius 1 is 1.48 bits per heavy atom. The highest BCUT2D eigenvalue weighted by molar-refractivity contribution is 5.76. The molecule has 1 heterocycles. The summed E-state index contributed by atoms with van der Waals surface area (Å²) < 4.78 is 18.4. The first-order valence-corrected chi connectivity index (χ1v) is 7.49. The fourth-order valence-electron chi connectivity index (χ4n) is 2.09. The van der Waals surface area contributed by atoms with Gasteiger partial charge < -0.3 is 14.9 Å². The third-order valence-corrected chi connectivity index (χ3v) is 3.42. The molecule has 0 bridgehead atoms. The Labute approximate surface area is 133 Å². The number of hydrogen-bond donors (Lipinski definition) is 2. The van der Waals surface area contributed by atoms with Crippen molar-refractivity contribution in [3.05, 3.63) is 35.5 Å². The highest BCUT2D eigenvalue weighted by atomic mass is 19.1. The van der Waals surface area contributed by atoms with Crippen molar-refractivity contribution in [1.82, 2.24) is 15.5 Å². The van der Waals surface area contributed by atoms with Crippen molar-refractivity contribution in [3.8, 4) is 11.4 Å². The van der Waals surface area contributed by atoms with Crippen LogP contribution in [0.1, 0.15) is 31.2 Å². The van der Waals surface area contributed by atoms with Crippen LogP contribution in [-0.4, -0.2) is 33.8 Å². The van der Waals surface area contributed by atoms with E-state index >= 15 is 0 Å². The molecule has 124 valence electrons. The molecule has 2 aromatic rings. The number of aliphatic hydroxyl groups excluding tert-OH is 1. The lowest BCUT2D eigenvalue weighted by Crippen LogP contribution is -2.33. The maximum Gasteiger partial charge on any atom is 0.227 e. The van der Waals surface area contributed by atoms with Gasteiger partial charge in [0.25, 0.3) is 0 Å². The Balaban J connectivity index is 1.92. The summed E-state index contributed by atoms with van der Waals surface area (Å²) in [6.45, 7) is 3.53. The van der Waals surface area contributed by atoms with Crippen LogP contribution in [0.25, 0.3) is 11.4 Å². The van der Waals surface area contributed by atoms with Crippen LogP contribution in [0.15, 0.2) is 22.7 Å². The van der Waals surface area contributed by atoms with Crippen LogP contribution in [0.4, 0.5) is 4.39 Å². The first-order valence-electron chi connectivity index (χ1n) is 7.49. The zero-order valence-corrected chi connectivity index (χ0v) is 13.2. The summed E-state index contributed by atoms with van der Waals surface area (Å²) in [4.78, 5) is 16.0. The second-order valence-electron chi connectivity index (χ2n) is 5.46. The van der Waals surface area contributed by atoms with Gasteiger partial charge in [0.05, 0.1) is 0 Å². The normalized spacial score (nSPS) is 12.2. The first-order chi connectivity index (χ1) is 11.0. The number of halogens is 1. The summed E-state index contributed by atoms with van der Waals surface area (Å²) in [5.41, 5.74) is 1.17. The van der Waals surface area contributed by atoms with Crippen molar-refractivity contribution in [2.24, 2.45) is 0 Å². The van der Waals surface area contributed by atoms with E-state index in [-0.39, 0.29) is 30.8 Å². The average molecular weight is 321 g/mol. The van der Waals surface area contributed by atoms with Crippen molar-refractivity contribution in [2.45, 2.75) is 39.2 Å². The minimum Gasteiger partial charge on any atom is -0.396 e. The molecule has 0 aliphatic heterocycles. The van der Waals surface area contributed by atoms with Gasteiger partial charge in [-0.1, -0.05) is 5.16 Å². The zero-order chi connectivity index (χ0) is 16.8. The Hall–Kier alpha value is -2.28. The summed E-state index contributed by atoms with van der Waals surface area (Å²) >= 11 is 0. The van der Waals surface area contributed by atoms with E-state index in [9.17, 15) is 9.18 Å². The Kier molecular flexibility index (Phi) is 5.81. The largest absolute Gasteiger partial charge is 0.396 e. The summed E-state index contributed by atoms with van der Waals surface area (Å²) in [7, 11) is 0. The number of aliphatic hydroxyl groups is 1. The Morgan fingerprint density at radius 3 is 2.96 bits per heavy atom. The summed E-state index contributed by atoms with van der Waals surface area (Å²) in [5, 5.41) is 15.4. The lowest BCUT2D eigenvalue weighted by atomic mass is 10.1. The molecule has 1 aromatic heterocycles. The summed E-state index contributed by atoms with van der Waals surface area (Å²) in [6.07, 6.45) is 1.06. The van der Waals surface area contributed by atoms with E-state index in [0.717, 1.165) is 0 Å². The smallest absolute Gasteiger partial charge is 0.227 e. The van der Waals surface area contributed by atoms with Crippen LogP contribution >= 0.6 is 0 Å². The van der Waals surface area contributed by atoms with Crippen LogP contribution in [0, 0.1) is 12.7 Å². The second kappa shape index (κ2) is 7.82. The van der Waals surface area contributed by atoms with E-state index in [1.165, 1.54) is 6.07 Å². The van der Waals surface area contributed by atoms with Gasteiger partial charge in [-0.3, -0.25) is 4.79 Å². The fourth-order valence-corrected chi connectivity index (χ4v) is 2.09. The fraction of sp³-hybridized carbons (Fsp3) is 0.438. The van der Waals surface area contributed by atoms with E-state index in [0.29, 0.717) is 35.7 Å². The van der Waals surface area contributed by atoms with Crippen LogP contribution in [0.3, 0.4) is 0 Å². The molecule has 2 N–H and O–H groups in total. The standard InChI is InChI=1S/C16H20FN3O3/c1-10-9-12(3-4-13(10)17)16-19-15(23-20-16)6-5-14(22)18-11(2)7-8-21/h3-4,9,11,21H,5-8H2,1-2H3,(H,18,22). The minimum absolute atomic E-state index is 0.0333. The van der Waals surface area contributed by atoms with E-state index < -0.39 is 0 Å². The molecule has 1 atom stereocenters. The SMILES string of the molecule is Cc1cc(-c2noc(CCC(=O)NC(C)CCO)n2)ccc1F. The average Bonchev–Trinajstić information content (AvgIpc) is 2.97. The van der Waals surface area contributed by atoms with E-state index in [1.54, 1.807) is 19.1 Å². The molecule has 0 saturated carbocycles. The molecule has 0 spiro atoms. The number of carbonyl (C=O) groups is 1. The molecule has 23 heavy (non-hydrogen) atoms. The number of benzene rings is 1. The molecular weight excluding hydrogens is 301 g/mol. The van der Waals surface area contributed by atoms with Gasteiger partial charge in [-0.25, -0.2) is 4.39 Å². The maximum absolute atomic E-state index is 13.3. The number of nitrogens with zero attached hydrogens (tertiary/aromatic N) is 2. The van der Waals surface area contributed by atoms with Gasteiger partial charge >= 0.3 is 0 Å². The summed E-state index contributed by atoms with van der Waals surface area (Å²) in [6, 6.07) is 4.51. The molecule has 6 nitrogen and oxygen atoms in total. The Bertz CT molecular complexity index is 672. The van der Waals surface area contributed by atoms with E-state index in [2.05, 4.69) is 15.5 Å². The molecule has 1 aromatic carbocycles. The molecule has 0 radical (unpaired) electrons. The molecule has 0 aliphatic rings. The quantitative estimate of drug-likeness (QED) is 0.814. The predicted octanol–water partition coefficient (Wildman–Crippen LogP) is 2.00. The minimum atomic E-state index is -0.286. The molecule has 2 rings (SSSR count). The van der Waals surface area contributed by atoms with Crippen molar-refractivity contribution >= 4 is 5.91 Å². The van der Waals surface area contributed by atoms with Gasteiger partial charge in [-0.2, -0.15) is 4.98 Å². The first kappa shape index (κ1) is 17.1. The highest BCUT2D eigenvalue weighted by Crippen LogP contribution is 2.19. The van der Waals surface area contributed by atoms with Gasteiger partial charge in [0.15, 0.2) is 0 Å². The molecule has 1 amide bonds. The number of nitrogens with one attached hydrogen (secondary N) is 1. The number of aryl methyl sites for hydroxylation is 2. The molecular formula is C16H20FN3O3. The maximum atomic E-state index is 13.3. The number of carbonyl (C=O) groups excluding carboxylic acids is 1. The highest BCUT2D eigenvalue weighted by Gasteiger charge is 2.12. The third-order valence-electron chi connectivity index (χ3n) is 3.42. The van der Waals surface area contributed by atoms with Crippen molar-refractivity contribution in [1.29, 1.82) is 0 Å². The van der Waals surface area contributed by atoms with E-state index in [1.807, 2.05) is 6.92 Å². The van der Waals surface area contributed by atoms with Crippen LogP contribution in [0.2, 0.25) is 0 Å². The van der Waals surface area contributed by atoms with Crippen molar-refractivity contribution in [2.75, 3.05) is 6.61 Å². The molecule has 1 unspecified atom stereocenters. The van der Waals surface area contributed by atoms with E-state index in [4.69, 9.17) is 9.63 Å². The van der Waals surface area contributed by atoms with Crippen LogP contribution < -0.4 is 5.32 Å². The van der Waals surface area contributed by atoms with Crippen molar-refractivity contribution < 1.29 is 18.8 Å². The zero-order valence-electron chi connectivity index (χ0n) is 13.2. The predicted molar refractivity (Wildman–Crippen MR) is 82.1 cm³/mol. The topological polar surface area (TPSA) is 88.2 Å². The number of hydrogen-bond acceptors (Lipinski definition) is 5. The van der Waals surface area contributed by atoms with Gasteiger partial charge in [0.1, 0.15) is 5.82 Å².